The average Bonchev–Trinajstić information content (AvgIpc) is 2.04. The molecule has 0 bridgehead atoms. The molecule has 0 rings (SSSR count). The minimum Gasteiger partial charge on any atom is -0.481 e. The van der Waals surface area contributed by atoms with Crippen LogP contribution in [0.2, 0.25) is 0 Å². The fourth-order valence-electron chi connectivity index (χ4n) is 0.275. The van der Waals surface area contributed by atoms with Crippen LogP contribution >= 0.6 is 0 Å². The van der Waals surface area contributed by atoms with Crippen LogP contribution in [0.4, 0.5) is 0 Å². The molecular formula is C6H11NO6S. The lowest BCUT2D eigenvalue weighted by atomic mass is 10.2. The summed E-state index contributed by atoms with van der Waals surface area (Å²) in [6, 6.07) is -1.29. The second-order valence-electron chi connectivity index (χ2n) is 2.01. The SMILES string of the molecule is C=C[SH](=O)=O.NC(CC(=O)O)C(=O)O. The number of carbonyl (C=O) groups is 2. The standard InChI is InChI=1S/C4H7NO4.C2H4O2S/c5-2(4(8)9)1-3(6)7;1-2-5(3)4/h2H,1,5H2,(H,6,7)(H,8,9);2,5H,1H2. The molecule has 0 fully saturated rings. The van der Waals surface area contributed by atoms with Crippen LogP contribution < -0.4 is 5.73 Å². The quantitative estimate of drug-likeness (QED) is 0.433. The molecule has 0 amide bonds. The van der Waals surface area contributed by atoms with Crippen LogP contribution in [0.3, 0.4) is 0 Å². The molecule has 0 aliphatic carbocycles. The Kier molecular flexibility index (Phi) is 8.83. The van der Waals surface area contributed by atoms with Crippen molar-refractivity contribution in [2.24, 2.45) is 5.73 Å². The zero-order valence-electron chi connectivity index (χ0n) is 7.12. The third-order valence-corrected chi connectivity index (χ3v) is 1.16. The minimum atomic E-state index is -2.33. The van der Waals surface area contributed by atoms with Gasteiger partial charge in [-0.25, -0.2) is 8.42 Å². The maximum absolute atomic E-state index is 9.85. The number of rotatable bonds is 4. The van der Waals surface area contributed by atoms with E-state index >= 15 is 0 Å². The number of nitrogens with two attached hydrogens (primary N) is 1. The van der Waals surface area contributed by atoms with E-state index in [1.54, 1.807) is 0 Å². The highest BCUT2D eigenvalue weighted by Crippen LogP contribution is 1.86. The summed E-state index contributed by atoms with van der Waals surface area (Å²) in [4.78, 5) is 19.6. The third kappa shape index (κ3) is 13.2. The Bertz CT molecular complexity index is 276. The lowest BCUT2D eigenvalue weighted by Gasteiger charge is -1.99. The first-order valence-corrected chi connectivity index (χ1v) is 4.52. The van der Waals surface area contributed by atoms with Gasteiger partial charge < -0.3 is 15.9 Å². The van der Waals surface area contributed by atoms with Gasteiger partial charge in [0.2, 0.25) is 0 Å². The summed E-state index contributed by atoms with van der Waals surface area (Å²) < 4.78 is 18.6. The molecule has 0 aromatic rings. The van der Waals surface area contributed by atoms with Gasteiger partial charge in [0.25, 0.3) is 0 Å². The first kappa shape index (κ1) is 15.1. The summed E-state index contributed by atoms with van der Waals surface area (Å²) in [7, 11) is -2.33. The van der Waals surface area contributed by atoms with Crippen molar-refractivity contribution in [3.63, 3.8) is 0 Å². The van der Waals surface area contributed by atoms with Crippen LogP contribution in [0.1, 0.15) is 6.42 Å². The van der Waals surface area contributed by atoms with E-state index in [-0.39, 0.29) is 0 Å². The van der Waals surface area contributed by atoms with Crippen LogP contribution in [0.15, 0.2) is 12.0 Å². The van der Waals surface area contributed by atoms with Crippen molar-refractivity contribution in [2.75, 3.05) is 0 Å². The molecule has 0 radical (unpaired) electrons. The molecule has 0 aromatic carbocycles. The summed E-state index contributed by atoms with van der Waals surface area (Å²) in [5.41, 5.74) is 4.84. The molecule has 0 saturated heterocycles. The largest absolute Gasteiger partial charge is 0.481 e. The summed E-state index contributed by atoms with van der Waals surface area (Å²) in [6.07, 6.45) is -0.532. The highest BCUT2D eigenvalue weighted by Gasteiger charge is 2.14. The number of carboxylic acids is 2. The number of carboxylic acid groups (broad SMARTS) is 2. The van der Waals surface area contributed by atoms with Gasteiger partial charge in [-0.3, -0.25) is 9.59 Å². The Morgan fingerprint density at radius 2 is 1.79 bits per heavy atom. The monoisotopic (exact) mass is 225 g/mol. The molecule has 4 N–H and O–H groups in total. The highest BCUT2D eigenvalue weighted by molar-refractivity contribution is 7.75. The molecule has 7 nitrogen and oxygen atoms in total. The number of aliphatic carboxylic acids is 2. The van der Waals surface area contributed by atoms with Crippen molar-refractivity contribution in [3.8, 4) is 0 Å². The Morgan fingerprint density at radius 1 is 1.43 bits per heavy atom. The molecule has 82 valence electrons. The Hall–Kier alpha value is -1.41. The molecular weight excluding hydrogens is 214 g/mol. The third-order valence-electron chi connectivity index (χ3n) is 0.861. The predicted octanol–water partition coefficient (Wildman–Crippen LogP) is -1.39. The summed E-state index contributed by atoms with van der Waals surface area (Å²) >= 11 is 0. The lowest BCUT2D eigenvalue weighted by Crippen LogP contribution is -2.32. The van der Waals surface area contributed by atoms with Crippen molar-refractivity contribution >= 4 is 22.6 Å². The van der Waals surface area contributed by atoms with Gasteiger partial charge in [-0.2, -0.15) is 0 Å². The van der Waals surface area contributed by atoms with Crippen LogP contribution in [-0.4, -0.2) is 36.6 Å². The van der Waals surface area contributed by atoms with Gasteiger partial charge in [-0.1, -0.05) is 6.58 Å². The lowest BCUT2D eigenvalue weighted by molar-refractivity contribution is -0.144. The fraction of sp³-hybridized carbons (Fsp3) is 0.333. The van der Waals surface area contributed by atoms with E-state index < -0.39 is 35.1 Å². The topological polar surface area (TPSA) is 135 Å². The summed E-state index contributed by atoms with van der Waals surface area (Å²) in [5.74, 6) is -2.50. The Balaban J connectivity index is 0. The van der Waals surface area contributed by atoms with Gasteiger partial charge in [0.15, 0.2) is 10.7 Å². The van der Waals surface area contributed by atoms with E-state index in [2.05, 4.69) is 6.58 Å². The summed E-state index contributed by atoms with van der Waals surface area (Å²) in [5, 5.41) is 16.9. The molecule has 0 saturated carbocycles. The molecule has 0 aliphatic rings. The Morgan fingerprint density at radius 3 is 1.86 bits per heavy atom. The molecule has 0 aliphatic heterocycles. The maximum Gasteiger partial charge on any atom is 0.321 e. The molecule has 0 spiro atoms. The van der Waals surface area contributed by atoms with Crippen molar-refractivity contribution < 1.29 is 28.2 Å². The number of thiol groups is 1. The first-order valence-electron chi connectivity index (χ1n) is 3.27. The molecule has 0 heterocycles. The van der Waals surface area contributed by atoms with Gasteiger partial charge >= 0.3 is 11.9 Å². The van der Waals surface area contributed by atoms with E-state index in [1.807, 2.05) is 0 Å². The Labute approximate surface area is 81.8 Å². The maximum atomic E-state index is 9.85. The van der Waals surface area contributed by atoms with Gasteiger partial charge in [0, 0.05) is 5.41 Å². The zero-order valence-corrected chi connectivity index (χ0v) is 8.02. The smallest absolute Gasteiger partial charge is 0.321 e. The van der Waals surface area contributed by atoms with Crippen LogP contribution in [0, 0.1) is 0 Å². The van der Waals surface area contributed by atoms with E-state index in [0.717, 1.165) is 5.41 Å². The van der Waals surface area contributed by atoms with Crippen molar-refractivity contribution in [1.29, 1.82) is 0 Å². The van der Waals surface area contributed by atoms with Crippen LogP contribution in [0.25, 0.3) is 0 Å². The second-order valence-corrected chi connectivity index (χ2v) is 2.95. The zero-order chi connectivity index (χ0) is 11.7. The van der Waals surface area contributed by atoms with E-state index in [0.29, 0.717) is 0 Å². The minimum absolute atomic E-state index is 0.532. The highest BCUT2D eigenvalue weighted by atomic mass is 32.2. The molecule has 0 aromatic heterocycles. The molecule has 14 heavy (non-hydrogen) atoms. The van der Waals surface area contributed by atoms with Crippen molar-refractivity contribution in [1.82, 2.24) is 0 Å². The molecule has 1 atom stereocenters. The van der Waals surface area contributed by atoms with Crippen molar-refractivity contribution in [3.05, 3.63) is 12.0 Å². The van der Waals surface area contributed by atoms with E-state index in [4.69, 9.17) is 15.9 Å². The summed E-state index contributed by atoms with van der Waals surface area (Å²) in [6.45, 7) is 2.96. The fourth-order valence-corrected chi connectivity index (χ4v) is 0.275. The van der Waals surface area contributed by atoms with Gasteiger partial charge in [0.05, 0.1) is 6.42 Å². The molecule has 1 unspecified atom stereocenters. The second kappa shape index (κ2) is 8.20. The normalized spacial score (nSPS) is 11.0. The molecule has 8 heteroatoms. The van der Waals surface area contributed by atoms with Crippen LogP contribution in [-0.2, 0) is 20.3 Å². The van der Waals surface area contributed by atoms with E-state index in [1.165, 1.54) is 0 Å². The first-order chi connectivity index (χ1) is 6.31. The van der Waals surface area contributed by atoms with Gasteiger partial charge in [0.1, 0.15) is 6.04 Å². The van der Waals surface area contributed by atoms with Gasteiger partial charge in [-0.15, -0.1) is 0 Å². The number of hydrogen-bond donors (Lipinski definition) is 4. The van der Waals surface area contributed by atoms with E-state index in [9.17, 15) is 18.0 Å². The predicted molar refractivity (Wildman–Crippen MR) is 48.4 cm³/mol. The van der Waals surface area contributed by atoms with Crippen molar-refractivity contribution in [2.45, 2.75) is 12.5 Å². The van der Waals surface area contributed by atoms with Crippen LogP contribution in [0.5, 0.6) is 0 Å². The van der Waals surface area contributed by atoms with Gasteiger partial charge in [-0.05, 0) is 0 Å². The average molecular weight is 225 g/mol. The number of hydrogen-bond acceptors (Lipinski definition) is 5.